The van der Waals surface area contributed by atoms with Crippen LogP contribution in [0.15, 0.2) is 54.6 Å². The van der Waals surface area contributed by atoms with Crippen molar-refractivity contribution in [3.8, 4) is 11.1 Å². The lowest BCUT2D eigenvalue weighted by atomic mass is 9.96. The predicted molar refractivity (Wildman–Crippen MR) is 123 cm³/mol. The van der Waals surface area contributed by atoms with Crippen LogP contribution in [-0.2, 0) is 19.0 Å². The van der Waals surface area contributed by atoms with E-state index in [0.717, 1.165) is 64.6 Å². The molecule has 0 unspecified atom stereocenters. The summed E-state index contributed by atoms with van der Waals surface area (Å²) >= 11 is 1.16. The van der Waals surface area contributed by atoms with E-state index in [4.69, 9.17) is 0 Å². The molecule has 0 radical (unpaired) electrons. The molecule has 0 saturated heterocycles. The second-order valence-corrected chi connectivity index (χ2v) is 9.08. The monoisotopic (exact) mass is 488 g/mol. The van der Waals surface area contributed by atoms with E-state index in [9.17, 15) is 26.7 Å². The number of rotatable bonds is 3. The van der Waals surface area contributed by atoms with Gasteiger partial charge >= 0.3 is 12.2 Å². The van der Waals surface area contributed by atoms with Gasteiger partial charge in [0.1, 0.15) is 16.6 Å². The highest BCUT2D eigenvalue weighted by molar-refractivity contribution is 7.23. The quantitative estimate of drug-likeness (QED) is 0.282. The fourth-order valence-electron chi connectivity index (χ4n) is 4.32. The second-order valence-electron chi connectivity index (χ2n) is 8.02. The van der Waals surface area contributed by atoms with Crippen LogP contribution in [0.4, 0.5) is 37.4 Å². The summed E-state index contributed by atoms with van der Waals surface area (Å²) in [6.45, 7) is 0. The van der Waals surface area contributed by atoms with Gasteiger partial charge in [0.2, 0.25) is 0 Å². The maximum atomic E-state index is 14.0. The molecule has 5 rings (SSSR count). The van der Waals surface area contributed by atoms with Gasteiger partial charge in [-0.3, -0.25) is 5.32 Å². The van der Waals surface area contributed by atoms with Crippen LogP contribution < -0.4 is 10.6 Å². The molecule has 0 saturated carbocycles. The molecule has 9 heteroatoms. The average molecular weight is 488 g/mol. The van der Waals surface area contributed by atoms with Crippen molar-refractivity contribution in [2.45, 2.75) is 25.4 Å². The summed E-state index contributed by atoms with van der Waals surface area (Å²) in [6, 6.07) is 10.9. The third-order valence-corrected chi connectivity index (χ3v) is 6.88. The smallest absolute Gasteiger partial charge is 0.305 e. The number of aryl methyl sites for hydroxylation is 2. The van der Waals surface area contributed by atoms with Gasteiger partial charge < -0.3 is 5.32 Å². The maximum absolute atomic E-state index is 14.0. The molecule has 34 heavy (non-hydrogen) atoms. The number of hydrogen-bond donors (Lipinski definition) is 2. The normalized spacial score (nSPS) is 13.2. The number of nitrogens with one attached hydrogen (secondary N) is 2. The molecule has 2 N–H and O–H groups in total. The summed E-state index contributed by atoms with van der Waals surface area (Å²) in [5, 5.41) is 5.70. The first-order valence-electron chi connectivity index (χ1n) is 10.5. The zero-order chi connectivity index (χ0) is 24.0. The van der Waals surface area contributed by atoms with Crippen LogP contribution in [0.5, 0.6) is 0 Å². The summed E-state index contributed by atoms with van der Waals surface area (Å²) in [4.78, 5) is 12.7. The number of anilines is 2. The Labute approximate surface area is 195 Å². The number of hydrogen-bond acceptors (Lipinski definition) is 2. The molecular formula is C25H17F5N2OS. The summed E-state index contributed by atoms with van der Waals surface area (Å²) in [7, 11) is 0. The number of benzene rings is 3. The van der Waals surface area contributed by atoms with Gasteiger partial charge in [0.05, 0.1) is 11.3 Å². The van der Waals surface area contributed by atoms with Crippen LogP contribution >= 0.6 is 11.3 Å². The highest BCUT2D eigenvalue weighted by Gasteiger charge is 2.35. The van der Waals surface area contributed by atoms with Crippen LogP contribution in [0.2, 0.25) is 0 Å². The molecule has 0 aliphatic heterocycles. The van der Waals surface area contributed by atoms with Gasteiger partial charge in [-0.2, -0.15) is 13.2 Å². The van der Waals surface area contributed by atoms with Gasteiger partial charge in [-0.05, 0) is 66.3 Å². The lowest BCUT2D eigenvalue weighted by Crippen LogP contribution is -2.20. The zero-order valence-corrected chi connectivity index (χ0v) is 18.3. The molecular weight excluding hydrogens is 471 g/mol. The summed E-state index contributed by atoms with van der Waals surface area (Å²) in [6.07, 6.45) is -1.88. The fourth-order valence-corrected chi connectivity index (χ4v) is 5.47. The number of carbonyl (C=O) groups is 1. The van der Waals surface area contributed by atoms with Gasteiger partial charge in [-0.15, -0.1) is 11.3 Å². The van der Waals surface area contributed by atoms with Crippen LogP contribution in [0.3, 0.4) is 0 Å². The van der Waals surface area contributed by atoms with Crippen molar-refractivity contribution in [3.05, 3.63) is 82.9 Å². The van der Waals surface area contributed by atoms with Crippen molar-refractivity contribution in [2.24, 2.45) is 0 Å². The molecule has 0 fully saturated rings. The molecule has 3 nitrogen and oxygen atoms in total. The number of carbonyl (C=O) groups excluding carboxylic acids is 1. The Morgan fingerprint density at radius 2 is 1.65 bits per heavy atom. The van der Waals surface area contributed by atoms with Gasteiger partial charge in [0.25, 0.3) is 0 Å². The Morgan fingerprint density at radius 1 is 0.912 bits per heavy atom. The highest BCUT2D eigenvalue weighted by Crippen LogP contribution is 2.48. The summed E-state index contributed by atoms with van der Waals surface area (Å²) in [5.41, 5.74) is 1.37. The van der Waals surface area contributed by atoms with Gasteiger partial charge in [0.15, 0.2) is 0 Å². The van der Waals surface area contributed by atoms with Gasteiger partial charge in [0, 0.05) is 21.7 Å². The Balaban J connectivity index is 1.62. The number of urea groups is 1. The average Bonchev–Trinajstić information content (AvgIpc) is 3.36. The second kappa shape index (κ2) is 8.39. The van der Waals surface area contributed by atoms with Crippen LogP contribution in [0.25, 0.3) is 21.2 Å². The van der Waals surface area contributed by atoms with Crippen molar-refractivity contribution >= 4 is 38.1 Å². The predicted octanol–water partition coefficient (Wildman–Crippen LogP) is 8.00. The van der Waals surface area contributed by atoms with Crippen LogP contribution in [0.1, 0.15) is 23.1 Å². The number of alkyl halides is 3. The minimum atomic E-state index is -4.60. The minimum Gasteiger partial charge on any atom is -0.305 e. The van der Waals surface area contributed by atoms with E-state index in [1.807, 2.05) is 12.1 Å². The molecule has 3 aromatic carbocycles. The Hall–Kier alpha value is -3.46. The third-order valence-electron chi connectivity index (χ3n) is 5.81. The Bertz CT molecular complexity index is 1430. The molecule has 2 amide bonds. The van der Waals surface area contributed by atoms with E-state index < -0.39 is 29.4 Å². The van der Waals surface area contributed by atoms with Crippen molar-refractivity contribution in [1.82, 2.24) is 0 Å². The summed E-state index contributed by atoms with van der Waals surface area (Å²) in [5.74, 6) is -1.77. The molecule has 1 aromatic heterocycles. The Kier molecular flexibility index (Phi) is 5.51. The fraction of sp³-hybridized carbons (Fsp3) is 0.160. The maximum Gasteiger partial charge on any atom is 0.417 e. The zero-order valence-electron chi connectivity index (χ0n) is 17.5. The Morgan fingerprint density at radius 3 is 2.38 bits per heavy atom. The molecule has 174 valence electrons. The van der Waals surface area contributed by atoms with Crippen molar-refractivity contribution < 1.29 is 26.7 Å². The highest BCUT2D eigenvalue weighted by atomic mass is 32.1. The number of halogens is 5. The number of fused-ring (bicyclic) bond motifs is 2. The topological polar surface area (TPSA) is 41.1 Å². The van der Waals surface area contributed by atoms with Crippen molar-refractivity contribution in [2.75, 3.05) is 10.6 Å². The first-order chi connectivity index (χ1) is 16.2. The van der Waals surface area contributed by atoms with E-state index in [1.165, 1.54) is 18.2 Å². The first kappa shape index (κ1) is 22.3. The largest absolute Gasteiger partial charge is 0.417 e. The molecule has 0 atom stereocenters. The van der Waals surface area contributed by atoms with E-state index in [-0.39, 0.29) is 21.8 Å². The van der Waals surface area contributed by atoms with Crippen molar-refractivity contribution in [1.29, 1.82) is 0 Å². The molecule has 0 spiro atoms. The minimum absolute atomic E-state index is 0.0533. The summed E-state index contributed by atoms with van der Waals surface area (Å²) < 4.78 is 69.4. The lowest BCUT2D eigenvalue weighted by Gasteiger charge is -2.15. The van der Waals surface area contributed by atoms with Crippen LogP contribution in [-0.4, -0.2) is 6.03 Å². The van der Waals surface area contributed by atoms with E-state index in [0.29, 0.717) is 11.5 Å². The third kappa shape index (κ3) is 4.11. The first-order valence-corrected chi connectivity index (χ1v) is 11.3. The SMILES string of the molecule is O=C(Nc1ccc(F)cc1F)Nc1sc2cc3c(cc2c1-c1ccccc1C(F)(F)F)CCC3. The molecule has 1 heterocycles. The van der Waals surface area contributed by atoms with Crippen molar-refractivity contribution in [3.63, 3.8) is 0 Å². The van der Waals surface area contributed by atoms with Gasteiger partial charge in [-0.1, -0.05) is 18.2 Å². The van der Waals surface area contributed by atoms with Crippen LogP contribution in [0, 0.1) is 11.6 Å². The molecule has 1 aliphatic carbocycles. The standard InChI is InChI=1S/C25H17F5N2OS/c26-15-8-9-20(19(27)12-15)31-24(33)32-23-22(16-6-1-2-7-18(16)25(28,29)30)17-10-13-4-3-5-14(13)11-21(17)34-23/h1-2,6-12H,3-5H2,(H2,31,32,33). The molecule has 0 bridgehead atoms. The molecule has 1 aliphatic rings. The lowest BCUT2D eigenvalue weighted by molar-refractivity contribution is -0.137. The van der Waals surface area contributed by atoms with E-state index >= 15 is 0 Å². The van der Waals surface area contributed by atoms with E-state index in [1.54, 1.807) is 0 Å². The number of thiophene rings is 1. The van der Waals surface area contributed by atoms with E-state index in [2.05, 4.69) is 10.6 Å². The van der Waals surface area contributed by atoms with Gasteiger partial charge in [-0.25, -0.2) is 13.6 Å². The number of amides is 2. The molecule has 4 aromatic rings.